The smallest absolute Gasteiger partial charge is 0.232 e. The Morgan fingerprint density at radius 1 is 1.29 bits per heavy atom. The molecule has 0 spiro atoms. The zero-order valence-electron chi connectivity index (χ0n) is 10.8. The number of carbonyl (C=O) groups is 1. The molecule has 0 fully saturated rings. The molecule has 0 saturated heterocycles. The number of rotatable bonds is 2. The SMILES string of the molecule is CCN(C(=O)C(C)(C)C)c1ccc(C#N)cc1. The molecule has 0 radical (unpaired) electrons. The molecule has 17 heavy (non-hydrogen) atoms. The van der Waals surface area contributed by atoms with Gasteiger partial charge in [0.25, 0.3) is 0 Å². The van der Waals surface area contributed by atoms with Gasteiger partial charge in [0.1, 0.15) is 0 Å². The Balaban J connectivity index is 3.02. The van der Waals surface area contributed by atoms with Crippen molar-refractivity contribution in [1.82, 2.24) is 0 Å². The van der Waals surface area contributed by atoms with Crippen LogP contribution in [-0.2, 0) is 4.79 Å². The summed E-state index contributed by atoms with van der Waals surface area (Å²) in [7, 11) is 0. The van der Waals surface area contributed by atoms with Gasteiger partial charge in [-0.15, -0.1) is 0 Å². The Hall–Kier alpha value is -1.82. The molecule has 1 amide bonds. The molecule has 1 aromatic carbocycles. The van der Waals surface area contributed by atoms with E-state index >= 15 is 0 Å². The van der Waals surface area contributed by atoms with Crippen LogP contribution >= 0.6 is 0 Å². The Bertz CT molecular complexity index is 435. The average Bonchev–Trinajstić information content (AvgIpc) is 2.29. The van der Waals surface area contributed by atoms with Gasteiger partial charge in [0.15, 0.2) is 0 Å². The lowest BCUT2D eigenvalue weighted by atomic mass is 9.94. The molecule has 0 atom stereocenters. The minimum Gasteiger partial charge on any atom is -0.312 e. The zero-order chi connectivity index (χ0) is 13.1. The summed E-state index contributed by atoms with van der Waals surface area (Å²) in [5.41, 5.74) is 1.05. The lowest BCUT2D eigenvalue weighted by Gasteiger charge is -2.28. The topological polar surface area (TPSA) is 44.1 Å². The van der Waals surface area contributed by atoms with E-state index in [4.69, 9.17) is 5.26 Å². The van der Waals surface area contributed by atoms with Crippen LogP contribution in [0.5, 0.6) is 0 Å². The van der Waals surface area contributed by atoms with Gasteiger partial charge in [-0.05, 0) is 31.2 Å². The van der Waals surface area contributed by atoms with Gasteiger partial charge < -0.3 is 4.90 Å². The maximum absolute atomic E-state index is 12.2. The van der Waals surface area contributed by atoms with Crippen molar-refractivity contribution in [1.29, 1.82) is 5.26 Å². The van der Waals surface area contributed by atoms with Crippen LogP contribution in [0.4, 0.5) is 5.69 Å². The van der Waals surface area contributed by atoms with E-state index in [0.29, 0.717) is 12.1 Å². The number of benzene rings is 1. The first kappa shape index (κ1) is 13.2. The lowest BCUT2D eigenvalue weighted by Crippen LogP contribution is -2.39. The highest BCUT2D eigenvalue weighted by Crippen LogP contribution is 2.23. The van der Waals surface area contributed by atoms with E-state index in [1.165, 1.54) is 0 Å². The summed E-state index contributed by atoms with van der Waals surface area (Å²) in [6.45, 7) is 8.29. The average molecular weight is 230 g/mol. The lowest BCUT2D eigenvalue weighted by molar-refractivity contribution is -0.125. The molecular weight excluding hydrogens is 212 g/mol. The monoisotopic (exact) mass is 230 g/mol. The first-order chi connectivity index (χ1) is 7.90. The summed E-state index contributed by atoms with van der Waals surface area (Å²) in [6.07, 6.45) is 0. The first-order valence-electron chi connectivity index (χ1n) is 5.72. The van der Waals surface area contributed by atoms with Crippen molar-refractivity contribution in [3.8, 4) is 6.07 Å². The molecule has 0 heterocycles. The summed E-state index contributed by atoms with van der Waals surface area (Å²) in [6, 6.07) is 9.15. The van der Waals surface area contributed by atoms with Crippen molar-refractivity contribution in [2.24, 2.45) is 5.41 Å². The van der Waals surface area contributed by atoms with Crippen LogP contribution in [0.15, 0.2) is 24.3 Å². The van der Waals surface area contributed by atoms with Crippen LogP contribution in [0.1, 0.15) is 33.3 Å². The Labute approximate surface area is 103 Å². The predicted molar refractivity (Wildman–Crippen MR) is 68.6 cm³/mol. The van der Waals surface area contributed by atoms with E-state index in [0.717, 1.165) is 5.69 Å². The number of amides is 1. The largest absolute Gasteiger partial charge is 0.312 e. The Morgan fingerprint density at radius 3 is 2.18 bits per heavy atom. The second kappa shape index (κ2) is 5.01. The second-order valence-electron chi connectivity index (χ2n) is 4.96. The van der Waals surface area contributed by atoms with E-state index in [1.54, 1.807) is 17.0 Å². The molecule has 3 nitrogen and oxygen atoms in total. The quantitative estimate of drug-likeness (QED) is 0.784. The van der Waals surface area contributed by atoms with Crippen LogP contribution in [0.25, 0.3) is 0 Å². The van der Waals surface area contributed by atoms with Gasteiger partial charge in [-0.2, -0.15) is 5.26 Å². The molecule has 0 N–H and O–H groups in total. The normalized spacial score (nSPS) is 10.8. The van der Waals surface area contributed by atoms with Crippen LogP contribution in [0.2, 0.25) is 0 Å². The van der Waals surface area contributed by atoms with E-state index < -0.39 is 5.41 Å². The molecule has 3 heteroatoms. The minimum atomic E-state index is -0.399. The molecular formula is C14H18N2O. The number of hydrogen-bond acceptors (Lipinski definition) is 2. The Kier molecular flexibility index (Phi) is 3.90. The van der Waals surface area contributed by atoms with Gasteiger partial charge in [0, 0.05) is 17.6 Å². The third-order valence-corrected chi connectivity index (χ3v) is 2.51. The van der Waals surface area contributed by atoms with Gasteiger partial charge in [-0.1, -0.05) is 20.8 Å². The molecule has 0 aliphatic carbocycles. The fraction of sp³-hybridized carbons (Fsp3) is 0.429. The van der Waals surface area contributed by atoms with Crippen molar-refractivity contribution in [3.63, 3.8) is 0 Å². The molecule has 0 saturated carbocycles. The van der Waals surface area contributed by atoms with E-state index in [1.807, 2.05) is 39.8 Å². The third-order valence-electron chi connectivity index (χ3n) is 2.51. The molecule has 0 aliphatic rings. The minimum absolute atomic E-state index is 0.0877. The van der Waals surface area contributed by atoms with Gasteiger partial charge >= 0.3 is 0 Å². The molecule has 1 rings (SSSR count). The van der Waals surface area contributed by atoms with Crippen molar-refractivity contribution >= 4 is 11.6 Å². The third kappa shape index (κ3) is 3.07. The van der Waals surface area contributed by atoms with Gasteiger partial charge in [-0.25, -0.2) is 0 Å². The molecule has 0 bridgehead atoms. The molecule has 90 valence electrons. The molecule has 0 unspecified atom stereocenters. The highest BCUT2D eigenvalue weighted by molar-refractivity contribution is 5.96. The zero-order valence-corrected chi connectivity index (χ0v) is 10.8. The standard InChI is InChI=1S/C14H18N2O/c1-5-16(13(17)14(2,3)4)12-8-6-11(10-15)7-9-12/h6-9H,5H2,1-4H3. The Morgan fingerprint density at radius 2 is 1.82 bits per heavy atom. The van der Waals surface area contributed by atoms with Crippen LogP contribution < -0.4 is 4.90 Å². The van der Waals surface area contributed by atoms with Crippen LogP contribution in [0.3, 0.4) is 0 Å². The van der Waals surface area contributed by atoms with Gasteiger partial charge in [0.2, 0.25) is 5.91 Å². The van der Waals surface area contributed by atoms with Crippen molar-refractivity contribution < 1.29 is 4.79 Å². The van der Waals surface area contributed by atoms with E-state index in [2.05, 4.69) is 6.07 Å². The fourth-order valence-corrected chi connectivity index (χ4v) is 1.56. The molecule has 0 aromatic heterocycles. The number of hydrogen-bond donors (Lipinski definition) is 0. The van der Waals surface area contributed by atoms with Crippen molar-refractivity contribution in [2.75, 3.05) is 11.4 Å². The summed E-state index contributed by atoms with van der Waals surface area (Å²) in [5, 5.41) is 8.73. The van der Waals surface area contributed by atoms with E-state index in [9.17, 15) is 4.79 Å². The number of carbonyl (C=O) groups excluding carboxylic acids is 1. The molecule has 1 aromatic rings. The summed E-state index contributed by atoms with van der Waals surface area (Å²) in [5.74, 6) is 0.0877. The predicted octanol–water partition coefficient (Wildman–Crippen LogP) is 2.96. The van der Waals surface area contributed by atoms with E-state index in [-0.39, 0.29) is 5.91 Å². The first-order valence-corrected chi connectivity index (χ1v) is 5.72. The second-order valence-corrected chi connectivity index (χ2v) is 4.96. The van der Waals surface area contributed by atoms with Gasteiger partial charge in [-0.3, -0.25) is 4.79 Å². The van der Waals surface area contributed by atoms with Crippen LogP contribution in [-0.4, -0.2) is 12.5 Å². The van der Waals surface area contributed by atoms with Crippen LogP contribution in [0, 0.1) is 16.7 Å². The van der Waals surface area contributed by atoms with Gasteiger partial charge in [0.05, 0.1) is 11.6 Å². The van der Waals surface area contributed by atoms with Crippen molar-refractivity contribution in [2.45, 2.75) is 27.7 Å². The summed E-state index contributed by atoms with van der Waals surface area (Å²) < 4.78 is 0. The fourth-order valence-electron chi connectivity index (χ4n) is 1.56. The summed E-state index contributed by atoms with van der Waals surface area (Å²) in [4.78, 5) is 13.9. The maximum Gasteiger partial charge on any atom is 0.232 e. The number of anilines is 1. The highest BCUT2D eigenvalue weighted by atomic mass is 16.2. The number of nitriles is 1. The summed E-state index contributed by atoms with van der Waals surface area (Å²) >= 11 is 0. The number of nitrogens with zero attached hydrogens (tertiary/aromatic N) is 2. The molecule has 0 aliphatic heterocycles. The highest BCUT2D eigenvalue weighted by Gasteiger charge is 2.27. The van der Waals surface area contributed by atoms with Crippen molar-refractivity contribution in [3.05, 3.63) is 29.8 Å². The maximum atomic E-state index is 12.2.